The molecule has 15 heavy (non-hydrogen) atoms. The van der Waals surface area contributed by atoms with Crippen molar-refractivity contribution in [1.29, 1.82) is 0 Å². The summed E-state index contributed by atoms with van der Waals surface area (Å²) < 4.78 is 0. The smallest absolute Gasteiger partial charge is 0.0455 e. The third-order valence-corrected chi connectivity index (χ3v) is 4.02. The molecule has 0 spiro atoms. The Balaban J connectivity index is 1.84. The maximum absolute atomic E-state index is 3.59. The Bertz CT molecular complexity index is 457. The molecule has 1 atom stereocenters. The van der Waals surface area contributed by atoms with Crippen LogP contribution in [-0.4, -0.2) is 22.5 Å². The number of thioether (sulfide) groups is 1. The first kappa shape index (κ1) is 9.16. The largest absolute Gasteiger partial charge is 0.381 e. The predicted molar refractivity (Wildman–Crippen MR) is 67.7 cm³/mol. The van der Waals surface area contributed by atoms with Crippen LogP contribution in [-0.2, 0) is 0 Å². The number of rotatable bonds is 2. The van der Waals surface area contributed by atoms with Crippen molar-refractivity contribution in [2.75, 3.05) is 16.8 Å². The van der Waals surface area contributed by atoms with Crippen molar-refractivity contribution in [1.82, 2.24) is 4.98 Å². The number of benzene rings is 1. The highest BCUT2D eigenvalue weighted by Crippen LogP contribution is 2.23. The maximum atomic E-state index is 3.59. The maximum Gasteiger partial charge on any atom is 0.0455 e. The molecule has 3 heteroatoms. The summed E-state index contributed by atoms with van der Waals surface area (Å²) in [5.41, 5.74) is 2.45. The molecule has 1 saturated heterocycles. The van der Waals surface area contributed by atoms with E-state index in [1.807, 2.05) is 18.0 Å². The Hall–Kier alpha value is -1.09. The van der Waals surface area contributed by atoms with Gasteiger partial charge in [0, 0.05) is 34.6 Å². The first-order valence-corrected chi connectivity index (χ1v) is 6.49. The van der Waals surface area contributed by atoms with Gasteiger partial charge in [0.25, 0.3) is 0 Å². The Morgan fingerprint density at radius 3 is 3.20 bits per heavy atom. The van der Waals surface area contributed by atoms with Crippen LogP contribution in [0.1, 0.15) is 6.42 Å². The van der Waals surface area contributed by atoms with Crippen molar-refractivity contribution in [3.05, 3.63) is 30.5 Å². The van der Waals surface area contributed by atoms with Gasteiger partial charge in [-0.2, -0.15) is 11.8 Å². The van der Waals surface area contributed by atoms with Gasteiger partial charge in [0.05, 0.1) is 0 Å². The van der Waals surface area contributed by atoms with E-state index in [-0.39, 0.29) is 0 Å². The van der Waals surface area contributed by atoms with Crippen LogP contribution in [0.15, 0.2) is 30.5 Å². The zero-order valence-corrected chi connectivity index (χ0v) is 9.31. The number of H-pyrrole nitrogens is 1. The normalized spacial score (nSPS) is 20.9. The second-order valence-electron chi connectivity index (χ2n) is 3.98. The van der Waals surface area contributed by atoms with Crippen molar-refractivity contribution in [3.8, 4) is 0 Å². The van der Waals surface area contributed by atoms with E-state index in [9.17, 15) is 0 Å². The number of nitrogens with one attached hydrogen (secondary N) is 2. The lowest BCUT2D eigenvalue weighted by molar-refractivity contribution is 0.813. The molecule has 0 radical (unpaired) electrons. The fraction of sp³-hybridized carbons (Fsp3) is 0.333. The molecular formula is C12H14N2S. The summed E-state index contributed by atoms with van der Waals surface area (Å²) in [5, 5.41) is 4.87. The first-order valence-electron chi connectivity index (χ1n) is 5.33. The molecule has 2 N–H and O–H groups in total. The van der Waals surface area contributed by atoms with Crippen LogP contribution in [0.2, 0.25) is 0 Å². The highest BCUT2D eigenvalue weighted by Gasteiger charge is 2.14. The molecular weight excluding hydrogens is 204 g/mol. The summed E-state index contributed by atoms with van der Waals surface area (Å²) in [4.78, 5) is 3.21. The summed E-state index contributed by atoms with van der Waals surface area (Å²) >= 11 is 2.04. The Kier molecular flexibility index (Phi) is 2.33. The minimum atomic E-state index is 0.659. The monoisotopic (exact) mass is 218 g/mol. The molecule has 0 aliphatic carbocycles. The highest BCUT2D eigenvalue weighted by molar-refractivity contribution is 7.99. The number of hydrogen-bond acceptors (Lipinski definition) is 2. The Morgan fingerprint density at radius 1 is 1.33 bits per heavy atom. The lowest BCUT2D eigenvalue weighted by Gasteiger charge is -2.12. The standard InChI is InChI=1S/C12H14N2S/c1-2-12-9(3-5-13-12)7-10(1)14-11-4-6-15-8-11/h1-3,5,7,11,13-14H,4,6,8H2. The van der Waals surface area contributed by atoms with Crippen LogP contribution < -0.4 is 5.32 Å². The minimum Gasteiger partial charge on any atom is -0.381 e. The zero-order chi connectivity index (χ0) is 10.1. The van der Waals surface area contributed by atoms with E-state index in [1.54, 1.807) is 0 Å². The summed E-state index contributed by atoms with van der Waals surface area (Å²) in [6.45, 7) is 0. The van der Waals surface area contributed by atoms with Gasteiger partial charge in [-0.25, -0.2) is 0 Å². The molecule has 2 aromatic rings. The average molecular weight is 218 g/mol. The van der Waals surface area contributed by atoms with Crippen molar-refractivity contribution in [2.24, 2.45) is 0 Å². The van der Waals surface area contributed by atoms with Crippen LogP contribution in [0.5, 0.6) is 0 Å². The molecule has 1 fully saturated rings. The van der Waals surface area contributed by atoms with Crippen LogP contribution in [0.4, 0.5) is 5.69 Å². The molecule has 1 aromatic heterocycles. The number of anilines is 1. The fourth-order valence-electron chi connectivity index (χ4n) is 2.03. The summed E-state index contributed by atoms with van der Waals surface area (Å²) in [6.07, 6.45) is 3.27. The van der Waals surface area contributed by atoms with Gasteiger partial charge < -0.3 is 10.3 Å². The zero-order valence-electron chi connectivity index (χ0n) is 8.49. The van der Waals surface area contributed by atoms with Gasteiger partial charge in [0.15, 0.2) is 0 Å². The number of hydrogen-bond donors (Lipinski definition) is 2. The van der Waals surface area contributed by atoms with Gasteiger partial charge in [-0.15, -0.1) is 0 Å². The Labute approximate surface area is 93.4 Å². The van der Waals surface area contributed by atoms with Crippen molar-refractivity contribution >= 4 is 28.4 Å². The second kappa shape index (κ2) is 3.81. The van der Waals surface area contributed by atoms with E-state index < -0.39 is 0 Å². The van der Waals surface area contributed by atoms with Crippen LogP contribution in [0.25, 0.3) is 10.9 Å². The predicted octanol–water partition coefficient (Wildman–Crippen LogP) is 3.09. The van der Waals surface area contributed by atoms with Gasteiger partial charge in [0.1, 0.15) is 0 Å². The van der Waals surface area contributed by atoms with Crippen molar-refractivity contribution in [2.45, 2.75) is 12.5 Å². The molecule has 2 nitrogen and oxygen atoms in total. The van der Waals surface area contributed by atoms with Gasteiger partial charge in [-0.1, -0.05) is 0 Å². The molecule has 1 aliphatic rings. The van der Waals surface area contributed by atoms with Gasteiger partial charge in [0.2, 0.25) is 0 Å². The minimum absolute atomic E-state index is 0.659. The van der Waals surface area contributed by atoms with E-state index in [4.69, 9.17) is 0 Å². The molecule has 78 valence electrons. The number of aromatic nitrogens is 1. The van der Waals surface area contributed by atoms with Gasteiger partial charge >= 0.3 is 0 Å². The summed E-state index contributed by atoms with van der Waals surface area (Å²) in [6, 6.07) is 9.28. The second-order valence-corrected chi connectivity index (χ2v) is 5.13. The molecule has 2 heterocycles. The molecule has 0 bridgehead atoms. The topological polar surface area (TPSA) is 27.8 Å². The molecule has 1 aliphatic heterocycles. The van der Waals surface area contributed by atoms with Crippen molar-refractivity contribution in [3.63, 3.8) is 0 Å². The van der Waals surface area contributed by atoms with E-state index in [2.05, 4.69) is 34.6 Å². The average Bonchev–Trinajstić information content (AvgIpc) is 2.87. The SMILES string of the molecule is c1cc2cc(NC3CCSC3)ccc2[nH]1. The van der Waals surface area contributed by atoms with E-state index in [0.29, 0.717) is 6.04 Å². The van der Waals surface area contributed by atoms with Crippen LogP contribution in [0.3, 0.4) is 0 Å². The highest BCUT2D eigenvalue weighted by atomic mass is 32.2. The third kappa shape index (κ3) is 1.84. The van der Waals surface area contributed by atoms with Crippen LogP contribution in [0, 0.1) is 0 Å². The number of fused-ring (bicyclic) bond motifs is 1. The molecule has 0 amide bonds. The number of aromatic amines is 1. The third-order valence-electron chi connectivity index (χ3n) is 2.85. The first-order chi connectivity index (χ1) is 7.42. The van der Waals surface area contributed by atoms with Gasteiger partial charge in [-0.3, -0.25) is 0 Å². The van der Waals surface area contributed by atoms with Crippen molar-refractivity contribution < 1.29 is 0 Å². The fourth-order valence-corrected chi connectivity index (χ4v) is 3.18. The lowest BCUT2D eigenvalue weighted by Crippen LogP contribution is -2.17. The molecule has 1 unspecified atom stereocenters. The molecule has 3 rings (SSSR count). The van der Waals surface area contributed by atoms with Gasteiger partial charge in [-0.05, 0) is 36.4 Å². The lowest BCUT2D eigenvalue weighted by atomic mass is 10.2. The molecule has 0 saturated carbocycles. The van der Waals surface area contributed by atoms with Crippen LogP contribution >= 0.6 is 11.8 Å². The molecule has 1 aromatic carbocycles. The summed E-state index contributed by atoms with van der Waals surface area (Å²) in [5.74, 6) is 2.54. The Morgan fingerprint density at radius 2 is 2.33 bits per heavy atom. The van der Waals surface area contributed by atoms with E-state index in [0.717, 1.165) is 0 Å². The van der Waals surface area contributed by atoms with E-state index >= 15 is 0 Å². The van der Waals surface area contributed by atoms with E-state index in [1.165, 1.54) is 34.5 Å². The summed E-state index contributed by atoms with van der Waals surface area (Å²) in [7, 11) is 0. The quantitative estimate of drug-likeness (QED) is 0.810.